The van der Waals surface area contributed by atoms with Gasteiger partial charge >= 0.3 is 5.97 Å². The highest BCUT2D eigenvalue weighted by Gasteiger charge is 2.53. The summed E-state index contributed by atoms with van der Waals surface area (Å²) in [6, 6.07) is 0. The van der Waals surface area contributed by atoms with Crippen LogP contribution in [0.4, 0.5) is 0 Å². The molecule has 1 aliphatic carbocycles. The molecule has 0 spiro atoms. The third-order valence-corrected chi connectivity index (χ3v) is 2.46. The van der Waals surface area contributed by atoms with Gasteiger partial charge in [-0.1, -0.05) is 0 Å². The molecule has 0 amide bonds. The van der Waals surface area contributed by atoms with E-state index in [1.807, 2.05) is 0 Å². The van der Waals surface area contributed by atoms with E-state index in [2.05, 4.69) is 0 Å². The van der Waals surface area contributed by atoms with Gasteiger partial charge in [0.15, 0.2) is 5.60 Å². The van der Waals surface area contributed by atoms with Gasteiger partial charge in [0.1, 0.15) is 6.10 Å². The molecule has 3 atom stereocenters. The van der Waals surface area contributed by atoms with Crippen molar-refractivity contribution < 1.29 is 19.7 Å². The molecule has 2 N–H and O–H groups in total. The van der Waals surface area contributed by atoms with Gasteiger partial charge in [-0.15, -0.1) is 0 Å². The number of fused-ring (bicyclic) bond motifs is 2. The lowest BCUT2D eigenvalue weighted by Gasteiger charge is -2.25. The summed E-state index contributed by atoms with van der Waals surface area (Å²) in [5.41, 5.74) is -1.29. The molecule has 2 fully saturated rings. The van der Waals surface area contributed by atoms with Gasteiger partial charge in [-0.05, 0) is 12.8 Å². The number of carbonyl (C=O) groups is 1. The van der Waals surface area contributed by atoms with E-state index in [1.165, 1.54) is 0 Å². The monoisotopic (exact) mass is 158 g/mol. The normalized spacial score (nSPS) is 49.1. The fourth-order valence-corrected chi connectivity index (χ4v) is 1.70. The Hall–Kier alpha value is -0.610. The minimum Gasteiger partial charge on any atom is -0.457 e. The maximum Gasteiger partial charge on any atom is 0.338 e. The summed E-state index contributed by atoms with van der Waals surface area (Å²) in [6.07, 6.45) is -0.0216. The number of ether oxygens (including phenoxy) is 1. The van der Waals surface area contributed by atoms with E-state index in [0.717, 1.165) is 0 Å². The van der Waals surface area contributed by atoms with E-state index >= 15 is 0 Å². The van der Waals surface area contributed by atoms with Crippen molar-refractivity contribution in [3.05, 3.63) is 0 Å². The summed E-state index contributed by atoms with van der Waals surface area (Å²) in [7, 11) is 0. The average Bonchev–Trinajstić information content (AvgIpc) is 2.20. The van der Waals surface area contributed by atoms with Gasteiger partial charge in [0.2, 0.25) is 0 Å². The molecule has 1 aliphatic heterocycles. The van der Waals surface area contributed by atoms with Crippen LogP contribution in [0.2, 0.25) is 0 Å². The number of rotatable bonds is 0. The van der Waals surface area contributed by atoms with E-state index < -0.39 is 23.8 Å². The van der Waals surface area contributed by atoms with Crippen molar-refractivity contribution >= 4 is 5.97 Å². The number of carbonyl (C=O) groups excluding carboxylic acids is 1. The summed E-state index contributed by atoms with van der Waals surface area (Å²) < 4.78 is 4.76. The van der Waals surface area contributed by atoms with E-state index in [-0.39, 0.29) is 6.42 Å². The Balaban J connectivity index is 2.24. The molecule has 1 heterocycles. The molecule has 1 saturated heterocycles. The van der Waals surface area contributed by atoms with Crippen molar-refractivity contribution in [1.82, 2.24) is 0 Å². The zero-order valence-electron chi connectivity index (χ0n) is 5.99. The SMILES string of the molecule is O=C1O[C@@H]2C[C@]1(O)CC[C@H]2O. The lowest BCUT2D eigenvalue weighted by molar-refractivity contribution is -0.154. The molecule has 4 heteroatoms. The van der Waals surface area contributed by atoms with Gasteiger partial charge in [-0.25, -0.2) is 4.79 Å². The highest BCUT2D eigenvalue weighted by Crippen LogP contribution is 2.37. The molecule has 0 aromatic heterocycles. The predicted octanol–water partition coefficient (Wildman–Crippen LogP) is -0.812. The first-order chi connectivity index (χ1) is 5.12. The zero-order valence-corrected chi connectivity index (χ0v) is 5.99. The van der Waals surface area contributed by atoms with Crippen LogP contribution in [0, 0.1) is 0 Å². The molecule has 2 bridgehead atoms. The van der Waals surface area contributed by atoms with Crippen LogP contribution < -0.4 is 0 Å². The Morgan fingerprint density at radius 1 is 1.64 bits per heavy atom. The summed E-state index contributed by atoms with van der Waals surface area (Å²) in [5, 5.41) is 18.8. The molecule has 62 valence electrons. The smallest absolute Gasteiger partial charge is 0.338 e. The molecule has 4 nitrogen and oxygen atoms in total. The van der Waals surface area contributed by atoms with Crippen LogP contribution in [0.1, 0.15) is 19.3 Å². The zero-order chi connectivity index (χ0) is 8.06. The van der Waals surface area contributed by atoms with Crippen LogP contribution in [-0.4, -0.2) is 34.0 Å². The van der Waals surface area contributed by atoms with Gasteiger partial charge in [-0.3, -0.25) is 0 Å². The van der Waals surface area contributed by atoms with Gasteiger partial charge in [0.05, 0.1) is 6.10 Å². The third-order valence-electron chi connectivity index (χ3n) is 2.46. The Kier molecular flexibility index (Phi) is 1.25. The van der Waals surface area contributed by atoms with Crippen LogP contribution in [0.3, 0.4) is 0 Å². The van der Waals surface area contributed by atoms with Gasteiger partial charge in [0.25, 0.3) is 0 Å². The van der Waals surface area contributed by atoms with Crippen molar-refractivity contribution in [2.75, 3.05) is 0 Å². The quantitative estimate of drug-likeness (QED) is 0.452. The van der Waals surface area contributed by atoms with Crippen LogP contribution in [0.5, 0.6) is 0 Å². The highest BCUT2D eigenvalue weighted by molar-refractivity contribution is 5.82. The number of aliphatic hydroxyl groups is 2. The third kappa shape index (κ3) is 0.862. The summed E-state index contributed by atoms with van der Waals surface area (Å²) in [5.74, 6) is -0.570. The summed E-state index contributed by atoms with van der Waals surface area (Å²) >= 11 is 0. The first-order valence-electron chi connectivity index (χ1n) is 3.73. The number of hydrogen-bond acceptors (Lipinski definition) is 4. The standard InChI is InChI=1S/C7H10O4/c8-4-1-2-7(10)3-5(4)11-6(7)9/h4-5,8,10H,1-3H2/t4-,5-,7-/m1/s1. The van der Waals surface area contributed by atoms with Crippen molar-refractivity contribution in [3.8, 4) is 0 Å². The van der Waals surface area contributed by atoms with E-state index in [1.54, 1.807) is 0 Å². The molecule has 11 heavy (non-hydrogen) atoms. The lowest BCUT2D eigenvalue weighted by Crippen LogP contribution is -2.39. The average molecular weight is 158 g/mol. The Bertz CT molecular complexity index is 203. The van der Waals surface area contributed by atoms with E-state index in [0.29, 0.717) is 12.8 Å². The fourth-order valence-electron chi connectivity index (χ4n) is 1.70. The molecular formula is C7H10O4. The fraction of sp³-hybridized carbons (Fsp3) is 0.857. The van der Waals surface area contributed by atoms with Crippen molar-refractivity contribution in [2.45, 2.75) is 37.1 Å². The Morgan fingerprint density at radius 3 is 3.00 bits per heavy atom. The Labute approximate surface area is 63.8 Å². The molecule has 0 radical (unpaired) electrons. The Morgan fingerprint density at radius 2 is 2.36 bits per heavy atom. The first kappa shape index (κ1) is 7.06. The molecule has 2 aliphatic rings. The molecule has 0 aromatic rings. The largest absolute Gasteiger partial charge is 0.457 e. The van der Waals surface area contributed by atoms with Crippen LogP contribution in [0.25, 0.3) is 0 Å². The van der Waals surface area contributed by atoms with Crippen LogP contribution in [0.15, 0.2) is 0 Å². The second kappa shape index (κ2) is 1.95. The summed E-state index contributed by atoms with van der Waals surface area (Å²) in [6.45, 7) is 0. The van der Waals surface area contributed by atoms with Crippen molar-refractivity contribution in [2.24, 2.45) is 0 Å². The molecule has 2 rings (SSSR count). The number of aliphatic hydroxyl groups excluding tert-OH is 1. The molecule has 1 saturated carbocycles. The maximum atomic E-state index is 10.9. The second-order valence-electron chi connectivity index (χ2n) is 3.29. The highest BCUT2D eigenvalue weighted by atomic mass is 16.6. The second-order valence-corrected chi connectivity index (χ2v) is 3.29. The van der Waals surface area contributed by atoms with E-state index in [9.17, 15) is 15.0 Å². The lowest BCUT2D eigenvalue weighted by atomic mass is 9.84. The van der Waals surface area contributed by atoms with Crippen LogP contribution in [-0.2, 0) is 9.53 Å². The topological polar surface area (TPSA) is 66.8 Å². The molecule has 0 aromatic carbocycles. The molecule has 0 unspecified atom stereocenters. The van der Waals surface area contributed by atoms with Gasteiger partial charge in [0, 0.05) is 6.42 Å². The molecular weight excluding hydrogens is 148 g/mol. The van der Waals surface area contributed by atoms with E-state index in [4.69, 9.17) is 4.74 Å². The van der Waals surface area contributed by atoms with Crippen molar-refractivity contribution in [3.63, 3.8) is 0 Å². The van der Waals surface area contributed by atoms with Gasteiger partial charge in [-0.2, -0.15) is 0 Å². The van der Waals surface area contributed by atoms with Crippen molar-refractivity contribution in [1.29, 1.82) is 0 Å². The first-order valence-corrected chi connectivity index (χ1v) is 3.73. The van der Waals surface area contributed by atoms with Gasteiger partial charge < -0.3 is 14.9 Å². The van der Waals surface area contributed by atoms with Crippen LogP contribution >= 0.6 is 0 Å². The number of esters is 1. The summed E-state index contributed by atoms with van der Waals surface area (Å²) in [4.78, 5) is 10.9. The predicted molar refractivity (Wildman–Crippen MR) is 34.7 cm³/mol. The maximum absolute atomic E-state index is 10.9. The minimum atomic E-state index is -1.29. The number of hydrogen-bond donors (Lipinski definition) is 2. The minimum absolute atomic E-state index is 0.257.